The fourth-order valence-corrected chi connectivity index (χ4v) is 2.57. The van der Waals surface area contributed by atoms with E-state index in [0.29, 0.717) is 25.1 Å². The first-order valence-electron chi connectivity index (χ1n) is 7.12. The Hall–Kier alpha value is -2.44. The number of nitro benzene ring substituents is 1. The second-order valence-corrected chi connectivity index (χ2v) is 5.32. The van der Waals surface area contributed by atoms with Crippen molar-refractivity contribution in [3.63, 3.8) is 0 Å². The molecule has 0 spiro atoms. The summed E-state index contributed by atoms with van der Waals surface area (Å²) in [4.78, 5) is 35.4. The number of carbonyl (C=O) groups excluding carboxylic acids is 2. The van der Waals surface area contributed by atoms with E-state index in [0.717, 1.165) is 12.8 Å². The van der Waals surface area contributed by atoms with E-state index >= 15 is 0 Å². The third kappa shape index (κ3) is 3.81. The molecule has 0 saturated carbocycles. The summed E-state index contributed by atoms with van der Waals surface area (Å²) in [5, 5.41) is 10.6. The maximum Gasteiger partial charge on any atom is 0.305 e. The maximum atomic E-state index is 12.3. The topological polar surface area (TPSA) is 89.8 Å². The molecule has 7 heteroatoms. The third-order valence-corrected chi connectivity index (χ3v) is 3.91. The van der Waals surface area contributed by atoms with Crippen molar-refractivity contribution in [1.29, 1.82) is 0 Å². The number of ether oxygens (including phenoxy) is 1. The van der Waals surface area contributed by atoms with Gasteiger partial charge >= 0.3 is 5.97 Å². The van der Waals surface area contributed by atoms with Gasteiger partial charge in [0, 0.05) is 37.2 Å². The largest absolute Gasteiger partial charge is 0.469 e. The lowest BCUT2D eigenvalue weighted by molar-refractivity contribution is -0.384. The van der Waals surface area contributed by atoms with Gasteiger partial charge < -0.3 is 9.64 Å². The van der Waals surface area contributed by atoms with Gasteiger partial charge in [0.15, 0.2) is 0 Å². The molecule has 1 aromatic carbocycles. The lowest BCUT2D eigenvalue weighted by Gasteiger charge is -2.31. The van der Waals surface area contributed by atoms with Crippen molar-refractivity contribution in [2.45, 2.75) is 19.3 Å². The second-order valence-electron chi connectivity index (χ2n) is 5.32. The van der Waals surface area contributed by atoms with Gasteiger partial charge in [-0.1, -0.05) is 0 Å². The van der Waals surface area contributed by atoms with Gasteiger partial charge in [-0.2, -0.15) is 0 Å². The highest BCUT2D eigenvalue weighted by Crippen LogP contribution is 2.22. The van der Waals surface area contributed by atoms with Crippen LogP contribution in [0.3, 0.4) is 0 Å². The molecule has 1 aliphatic rings. The molecule has 22 heavy (non-hydrogen) atoms. The molecule has 0 radical (unpaired) electrons. The first-order chi connectivity index (χ1) is 10.5. The maximum absolute atomic E-state index is 12.3. The zero-order valence-electron chi connectivity index (χ0n) is 12.4. The van der Waals surface area contributed by atoms with Gasteiger partial charge in [0.05, 0.1) is 12.0 Å². The van der Waals surface area contributed by atoms with Crippen LogP contribution in [0.15, 0.2) is 24.3 Å². The minimum absolute atomic E-state index is 0.0339. The number of likely N-dealkylation sites (tertiary alicyclic amines) is 1. The molecular weight excluding hydrogens is 288 g/mol. The fourth-order valence-electron chi connectivity index (χ4n) is 2.57. The molecule has 2 rings (SSSR count). The van der Waals surface area contributed by atoms with Crippen LogP contribution in [0.2, 0.25) is 0 Å². The van der Waals surface area contributed by atoms with Crippen molar-refractivity contribution in [3.05, 3.63) is 39.9 Å². The molecule has 0 bridgehead atoms. The van der Waals surface area contributed by atoms with Crippen LogP contribution in [0.5, 0.6) is 0 Å². The second kappa shape index (κ2) is 7.02. The molecule has 1 aromatic rings. The van der Waals surface area contributed by atoms with Crippen molar-refractivity contribution in [2.75, 3.05) is 20.2 Å². The van der Waals surface area contributed by atoms with Crippen LogP contribution in [0, 0.1) is 16.0 Å². The standard InChI is InChI=1S/C15H18N2O5/c1-22-14(18)10-11-6-8-16(9-7-11)15(19)12-2-4-13(5-3-12)17(20)21/h2-5,11H,6-10H2,1H3. The summed E-state index contributed by atoms with van der Waals surface area (Å²) in [6.07, 6.45) is 1.90. The minimum Gasteiger partial charge on any atom is -0.469 e. The predicted molar refractivity (Wildman–Crippen MR) is 78.4 cm³/mol. The van der Waals surface area contributed by atoms with Gasteiger partial charge in [0.25, 0.3) is 11.6 Å². The number of rotatable bonds is 4. The SMILES string of the molecule is COC(=O)CC1CCN(C(=O)c2ccc([N+](=O)[O-])cc2)CC1. The number of piperidine rings is 1. The predicted octanol–water partition coefficient (Wildman–Crippen LogP) is 2.01. The number of amides is 1. The molecule has 0 aromatic heterocycles. The smallest absolute Gasteiger partial charge is 0.305 e. The Bertz CT molecular complexity index is 562. The molecule has 0 atom stereocenters. The Labute approximate surface area is 128 Å². The fraction of sp³-hybridized carbons (Fsp3) is 0.467. The molecular formula is C15H18N2O5. The average molecular weight is 306 g/mol. The van der Waals surface area contributed by atoms with Gasteiger partial charge in [0.1, 0.15) is 0 Å². The zero-order chi connectivity index (χ0) is 16.1. The van der Waals surface area contributed by atoms with Crippen LogP contribution in [-0.2, 0) is 9.53 Å². The highest BCUT2D eigenvalue weighted by Gasteiger charge is 2.25. The van der Waals surface area contributed by atoms with Crippen LogP contribution >= 0.6 is 0 Å². The van der Waals surface area contributed by atoms with Crippen molar-refractivity contribution in [1.82, 2.24) is 4.90 Å². The molecule has 1 amide bonds. The Morgan fingerprint density at radius 3 is 2.36 bits per heavy atom. The van der Waals surface area contributed by atoms with Crippen LogP contribution in [0.1, 0.15) is 29.6 Å². The first-order valence-corrected chi connectivity index (χ1v) is 7.12. The Morgan fingerprint density at radius 2 is 1.86 bits per heavy atom. The number of methoxy groups -OCH3 is 1. The molecule has 7 nitrogen and oxygen atoms in total. The quantitative estimate of drug-likeness (QED) is 0.482. The van der Waals surface area contributed by atoms with Crippen molar-refractivity contribution >= 4 is 17.6 Å². The lowest BCUT2D eigenvalue weighted by Crippen LogP contribution is -2.38. The minimum atomic E-state index is -0.493. The molecule has 1 saturated heterocycles. The van der Waals surface area contributed by atoms with Gasteiger partial charge in [-0.15, -0.1) is 0 Å². The molecule has 1 heterocycles. The zero-order valence-corrected chi connectivity index (χ0v) is 12.4. The number of hydrogen-bond acceptors (Lipinski definition) is 5. The third-order valence-electron chi connectivity index (χ3n) is 3.91. The molecule has 0 unspecified atom stereocenters. The Morgan fingerprint density at radius 1 is 1.27 bits per heavy atom. The summed E-state index contributed by atoms with van der Waals surface area (Å²) < 4.78 is 4.65. The summed E-state index contributed by atoms with van der Waals surface area (Å²) in [7, 11) is 1.37. The highest BCUT2D eigenvalue weighted by atomic mass is 16.6. The summed E-state index contributed by atoms with van der Waals surface area (Å²) in [5.41, 5.74) is 0.408. The van der Waals surface area contributed by atoms with Crippen LogP contribution < -0.4 is 0 Å². The van der Waals surface area contributed by atoms with Crippen LogP contribution in [-0.4, -0.2) is 41.9 Å². The summed E-state index contributed by atoms with van der Waals surface area (Å²) >= 11 is 0. The van der Waals surface area contributed by atoms with E-state index in [2.05, 4.69) is 4.74 Å². The number of non-ortho nitro benzene ring substituents is 1. The van der Waals surface area contributed by atoms with Gasteiger partial charge in [-0.25, -0.2) is 0 Å². The monoisotopic (exact) mass is 306 g/mol. The summed E-state index contributed by atoms with van der Waals surface area (Å²) in [6, 6.07) is 5.61. The van der Waals surface area contributed by atoms with Gasteiger partial charge in [-0.3, -0.25) is 19.7 Å². The van der Waals surface area contributed by atoms with Crippen molar-refractivity contribution < 1.29 is 19.2 Å². The van der Waals surface area contributed by atoms with E-state index < -0.39 is 4.92 Å². The van der Waals surface area contributed by atoms with Crippen molar-refractivity contribution in [2.24, 2.45) is 5.92 Å². The van der Waals surface area contributed by atoms with E-state index in [-0.39, 0.29) is 23.5 Å². The number of carbonyl (C=O) groups is 2. The molecule has 0 N–H and O–H groups in total. The molecule has 1 fully saturated rings. The van der Waals surface area contributed by atoms with E-state index in [1.165, 1.54) is 31.4 Å². The molecule has 0 aliphatic carbocycles. The number of esters is 1. The van der Waals surface area contributed by atoms with Gasteiger partial charge in [-0.05, 0) is 30.9 Å². The summed E-state index contributed by atoms with van der Waals surface area (Å²) in [6.45, 7) is 1.16. The van der Waals surface area contributed by atoms with E-state index in [4.69, 9.17) is 0 Å². The Kier molecular flexibility index (Phi) is 5.08. The van der Waals surface area contributed by atoms with E-state index in [1.54, 1.807) is 4.90 Å². The van der Waals surface area contributed by atoms with Gasteiger partial charge in [0.2, 0.25) is 0 Å². The molecule has 1 aliphatic heterocycles. The van der Waals surface area contributed by atoms with Crippen LogP contribution in [0.4, 0.5) is 5.69 Å². The van der Waals surface area contributed by atoms with Crippen molar-refractivity contribution in [3.8, 4) is 0 Å². The Balaban J connectivity index is 1.92. The summed E-state index contributed by atoms with van der Waals surface area (Å²) in [5.74, 6) is -0.111. The highest BCUT2D eigenvalue weighted by molar-refractivity contribution is 5.94. The lowest BCUT2D eigenvalue weighted by atomic mass is 9.93. The number of hydrogen-bond donors (Lipinski definition) is 0. The van der Waals surface area contributed by atoms with E-state index in [9.17, 15) is 19.7 Å². The number of nitro groups is 1. The van der Waals surface area contributed by atoms with E-state index in [1.807, 2.05) is 0 Å². The normalized spacial score (nSPS) is 15.4. The number of nitrogens with zero attached hydrogens (tertiary/aromatic N) is 2. The first kappa shape index (κ1) is 15.9. The number of benzene rings is 1. The average Bonchev–Trinajstić information content (AvgIpc) is 2.55. The molecule has 118 valence electrons. The van der Waals surface area contributed by atoms with Crippen LogP contribution in [0.25, 0.3) is 0 Å².